The summed E-state index contributed by atoms with van der Waals surface area (Å²) in [4.78, 5) is 23.0. The van der Waals surface area contributed by atoms with Crippen LogP contribution in [0.3, 0.4) is 0 Å². The molecule has 0 atom stereocenters. The van der Waals surface area contributed by atoms with Crippen LogP contribution in [0.1, 0.15) is 27.0 Å². The van der Waals surface area contributed by atoms with E-state index < -0.39 is 0 Å². The van der Waals surface area contributed by atoms with Crippen LogP contribution in [0, 0.1) is 11.3 Å². The smallest absolute Gasteiger partial charge is 0.327 e. The molecule has 0 aliphatic carbocycles. The molecular formula is C34H30N6O4. The van der Waals surface area contributed by atoms with Gasteiger partial charge in [0.25, 0.3) is 11.8 Å². The van der Waals surface area contributed by atoms with Crippen LogP contribution < -0.4 is 25.3 Å². The monoisotopic (exact) mass is 586 g/mol. The van der Waals surface area contributed by atoms with Gasteiger partial charge < -0.3 is 30.2 Å². The molecule has 5 rings (SSSR count). The Bertz CT molecular complexity index is 1790. The Morgan fingerprint density at radius 2 is 1.59 bits per heavy atom. The first-order valence-corrected chi connectivity index (χ1v) is 13.7. The molecule has 0 saturated heterocycles. The van der Waals surface area contributed by atoms with Gasteiger partial charge in [0, 0.05) is 32.3 Å². The fraction of sp³-hybridized carbons (Fsp3) is 0.118. The molecule has 1 amide bonds. The van der Waals surface area contributed by atoms with E-state index in [1.807, 2.05) is 60.7 Å². The second-order valence-electron chi connectivity index (χ2n) is 9.89. The average Bonchev–Trinajstić information content (AvgIpc) is 3.05. The number of ether oxygens (including phenoxy) is 3. The number of nitrogen functional groups attached to an aromatic ring is 1. The molecule has 10 heteroatoms. The molecule has 3 N–H and O–H groups in total. The predicted molar refractivity (Wildman–Crippen MR) is 167 cm³/mol. The third-order valence-electron chi connectivity index (χ3n) is 6.41. The largest absolute Gasteiger partial charge is 0.485 e. The summed E-state index contributed by atoms with van der Waals surface area (Å²) < 4.78 is 18.2. The van der Waals surface area contributed by atoms with Crippen molar-refractivity contribution in [3.8, 4) is 35.2 Å². The summed E-state index contributed by atoms with van der Waals surface area (Å²) in [6.45, 7) is 0.703. The number of anilines is 2. The third-order valence-corrected chi connectivity index (χ3v) is 6.41. The summed E-state index contributed by atoms with van der Waals surface area (Å²) in [6, 6.07) is 33.0. The van der Waals surface area contributed by atoms with Gasteiger partial charge in [-0.3, -0.25) is 4.79 Å². The Morgan fingerprint density at radius 3 is 2.30 bits per heavy atom. The highest BCUT2D eigenvalue weighted by Gasteiger charge is 2.19. The van der Waals surface area contributed by atoms with Crippen molar-refractivity contribution in [2.45, 2.75) is 13.2 Å². The van der Waals surface area contributed by atoms with Gasteiger partial charge in [0.05, 0.1) is 11.6 Å². The molecular weight excluding hydrogens is 556 g/mol. The van der Waals surface area contributed by atoms with Gasteiger partial charge in [0.15, 0.2) is 17.3 Å². The summed E-state index contributed by atoms with van der Waals surface area (Å²) in [5.41, 5.74) is 9.39. The van der Waals surface area contributed by atoms with Gasteiger partial charge in [-0.05, 0) is 41.5 Å². The number of nitrogens with one attached hydrogen (secondary N) is 1. The lowest BCUT2D eigenvalue weighted by molar-refractivity contribution is 0.0827. The summed E-state index contributed by atoms with van der Waals surface area (Å²) in [5, 5.41) is 12.8. The minimum absolute atomic E-state index is 0.0169. The normalized spacial score (nSPS) is 10.4. The third kappa shape index (κ3) is 7.40. The van der Waals surface area contributed by atoms with Crippen LogP contribution in [0.4, 0.5) is 11.5 Å². The highest BCUT2D eigenvalue weighted by atomic mass is 16.5. The van der Waals surface area contributed by atoms with Gasteiger partial charge >= 0.3 is 6.01 Å². The van der Waals surface area contributed by atoms with E-state index in [1.54, 1.807) is 56.6 Å². The maximum Gasteiger partial charge on any atom is 0.327 e. The first kappa shape index (κ1) is 29.4. The van der Waals surface area contributed by atoms with Crippen LogP contribution >= 0.6 is 0 Å². The SMILES string of the molecule is CN(C)C(=O)c1cccc(Oc2nc(Oc3cc(C#N)ccc3OCc3ccccc3)nc(NCc3ccccc3)c2N)c1. The molecule has 0 aliphatic rings. The molecule has 1 aromatic heterocycles. The Balaban J connectivity index is 1.49. The van der Waals surface area contributed by atoms with Crippen LogP contribution in [0.25, 0.3) is 0 Å². The molecule has 0 unspecified atom stereocenters. The molecule has 0 spiro atoms. The summed E-state index contributed by atoms with van der Waals surface area (Å²) in [6.07, 6.45) is 0. The number of nitrogens with zero attached hydrogens (tertiary/aromatic N) is 4. The maximum atomic E-state index is 12.5. The first-order valence-electron chi connectivity index (χ1n) is 13.7. The van der Waals surface area contributed by atoms with Crippen molar-refractivity contribution in [3.63, 3.8) is 0 Å². The van der Waals surface area contributed by atoms with Crippen molar-refractivity contribution in [1.29, 1.82) is 5.26 Å². The molecule has 0 aliphatic heterocycles. The van der Waals surface area contributed by atoms with Crippen LogP contribution in [0.2, 0.25) is 0 Å². The predicted octanol–water partition coefficient (Wildman–Crippen LogP) is 6.41. The second kappa shape index (κ2) is 13.7. The topological polar surface area (TPSA) is 136 Å². The lowest BCUT2D eigenvalue weighted by atomic mass is 10.2. The molecule has 0 saturated carbocycles. The van der Waals surface area contributed by atoms with Gasteiger partial charge in [-0.2, -0.15) is 15.2 Å². The molecule has 0 fully saturated rings. The van der Waals surface area contributed by atoms with E-state index in [4.69, 9.17) is 19.9 Å². The standard InChI is InChI=1S/C34H30N6O4/c1-40(2)33(41)26-14-9-15-27(19-26)43-32-30(36)31(37-21-23-10-5-3-6-11-23)38-34(39-32)44-29-18-25(20-35)16-17-28(29)42-22-24-12-7-4-8-13-24/h3-19H,21-22,36H2,1-2H3,(H,37,38,39). The second-order valence-corrected chi connectivity index (χ2v) is 9.89. The number of nitrogens with two attached hydrogens (primary N) is 1. The quantitative estimate of drug-likeness (QED) is 0.180. The first-order chi connectivity index (χ1) is 21.4. The van der Waals surface area contributed by atoms with Crippen molar-refractivity contribution < 1.29 is 19.0 Å². The van der Waals surface area contributed by atoms with Crippen molar-refractivity contribution in [3.05, 3.63) is 125 Å². The van der Waals surface area contributed by atoms with Gasteiger partial charge in [-0.15, -0.1) is 0 Å². The molecule has 220 valence electrons. The number of hydrogen-bond acceptors (Lipinski definition) is 9. The fourth-order valence-corrected chi connectivity index (χ4v) is 4.14. The minimum Gasteiger partial charge on any atom is -0.485 e. The van der Waals surface area contributed by atoms with Gasteiger partial charge in [0.2, 0.25) is 0 Å². The zero-order valence-electron chi connectivity index (χ0n) is 24.2. The number of aromatic nitrogens is 2. The van der Waals surface area contributed by atoms with Gasteiger partial charge in [-0.25, -0.2) is 0 Å². The van der Waals surface area contributed by atoms with E-state index in [0.717, 1.165) is 11.1 Å². The van der Waals surface area contributed by atoms with E-state index in [9.17, 15) is 10.1 Å². The molecule has 4 aromatic carbocycles. The Morgan fingerprint density at radius 1 is 0.864 bits per heavy atom. The van der Waals surface area contributed by atoms with Crippen molar-refractivity contribution in [1.82, 2.24) is 14.9 Å². The molecule has 0 radical (unpaired) electrons. The van der Waals surface area contributed by atoms with Crippen molar-refractivity contribution >= 4 is 17.4 Å². The number of carbonyl (C=O) groups excluding carboxylic acids is 1. The number of rotatable bonds is 11. The highest BCUT2D eigenvalue weighted by molar-refractivity contribution is 5.94. The number of benzene rings is 4. The van der Waals surface area contributed by atoms with E-state index in [1.165, 1.54) is 4.90 Å². The Labute approximate surface area is 255 Å². The molecule has 44 heavy (non-hydrogen) atoms. The van der Waals surface area contributed by atoms with Crippen molar-refractivity contribution in [2.75, 3.05) is 25.1 Å². The summed E-state index contributed by atoms with van der Waals surface area (Å²) in [7, 11) is 3.34. The zero-order valence-corrected chi connectivity index (χ0v) is 24.2. The molecule has 10 nitrogen and oxygen atoms in total. The van der Waals surface area contributed by atoms with E-state index >= 15 is 0 Å². The number of hydrogen-bond donors (Lipinski definition) is 2. The summed E-state index contributed by atoms with van der Waals surface area (Å²) in [5.74, 6) is 1.09. The highest BCUT2D eigenvalue weighted by Crippen LogP contribution is 2.37. The van der Waals surface area contributed by atoms with E-state index in [2.05, 4.69) is 21.4 Å². The number of amides is 1. The minimum atomic E-state index is -0.180. The van der Waals surface area contributed by atoms with Crippen LogP contribution in [-0.2, 0) is 13.2 Å². The maximum absolute atomic E-state index is 12.5. The number of carbonyl (C=O) groups is 1. The number of nitriles is 1. The lowest BCUT2D eigenvalue weighted by Crippen LogP contribution is -2.21. The van der Waals surface area contributed by atoms with Crippen LogP contribution in [0.5, 0.6) is 29.1 Å². The Kier molecular flexibility index (Phi) is 9.17. The molecule has 0 bridgehead atoms. The van der Waals surface area contributed by atoms with E-state index in [0.29, 0.717) is 29.2 Å². The van der Waals surface area contributed by atoms with Crippen LogP contribution in [-0.4, -0.2) is 34.9 Å². The van der Waals surface area contributed by atoms with Gasteiger partial charge in [0.1, 0.15) is 18.0 Å². The fourth-order valence-electron chi connectivity index (χ4n) is 4.14. The van der Waals surface area contributed by atoms with Crippen LogP contribution in [0.15, 0.2) is 103 Å². The molecule has 5 aromatic rings. The van der Waals surface area contributed by atoms with E-state index in [-0.39, 0.29) is 41.7 Å². The van der Waals surface area contributed by atoms with Crippen molar-refractivity contribution in [2.24, 2.45) is 0 Å². The molecule has 1 heterocycles. The average molecular weight is 587 g/mol. The summed E-state index contributed by atoms with van der Waals surface area (Å²) >= 11 is 0. The Hall–Kier alpha value is -6.08. The lowest BCUT2D eigenvalue weighted by Gasteiger charge is -2.16. The zero-order chi connectivity index (χ0) is 30.9. The van der Waals surface area contributed by atoms with Gasteiger partial charge in [-0.1, -0.05) is 66.7 Å².